The van der Waals surface area contributed by atoms with Crippen LogP contribution in [0.2, 0.25) is 0 Å². The quantitative estimate of drug-likeness (QED) is 0.576. The van der Waals surface area contributed by atoms with Crippen molar-refractivity contribution in [1.29, 1.82) is 0 Å². The van der Waals surface area contributed by atoms with E-state index in [9.17, 15) is 0 Å². The maximum atomic E-state index is 4.12. The second kappa shape index (κ2) is 8.42. The summed E-state index contributed by atoms with van der Waals surface area (Å²) in [4.78, 5) is 0. The van der Waals surface area contributed by atoms with Crippen LogP contribution in [-0.2, 0) is 32.7 Å². The molecule has 1 aliphatic rings. The van der Waals surface area contributed by atoms with E-state index in [1.54, 1.807) is 0 Å². The van der Waals surface area contributed by atoms with Crippen molar-refractivity contribution in [3.05, 3.63) is 13.3 Å². The molecule has 1 fully saturated rings. The molecule has 0 bridgehead atoms. The third-order valence-electron chi connectivity index (χ3n) is 3.15. The number of rotatable bonds is 0. The van der Waals surface area contributed by atoms with Crippen LogP contribution >= 0.6 is 0 Å². The minimum atomic E-state index is 0. The molecule has 0 spiro atoms. The van der Waals surface area contributed by atoms with Crippen LogP contribution < -0.4 is 0 Å². The van der Waals surface area contributed by atoms with Gasteiger partial charge in [-0.05, 0) is 11.8 Å². The van der Waals surface area contributed by atoms with E-state index in [0.29, 0.717) is 0 Å². The van der Waals surface area contributed by atoms with Gasteiger partial charge in [0.05, 0.1) is 0 Å². The third-order valence-corrected chi connectivity index (χ3v) is 3.15. The summed E-state index contributed by atoms with van der Waals surface area (Å²) in [6, 6.07) is 0. The molecule has 77 valence electrons. The van der Waals surface area contributed by atoms with Crippen LogP contribution in [-0.4, -0.2) is 0 Å². The van der Waals surface area contributed by atoms with Crippen molar-refractivity contribution in [3.63, 3.8) is 0 Å². The SMILES string of the molecule is C[CH-]C.[CH2-]C1CC(C)C(C)C1C.[Y]. The molecule has 1 heteroatoms. The first-order valence-electron chi connectivity index (χ1n) is 5.11. The van der Waals surface area contributed by atoms with Gasteiger partial charge in [-0.1, -0.05) is 33.1 Å². The van der Waals surface area contributed by atoms with Crippen LogP contribution in [0.5, 0.6) is 0 Å². The number of hydrogen-bond acceptors (Lipinski definition) is 0. The Morgan fingerprint density at radius 3 is 1.54 bits per heavy atom. The zero-order valence-corrected chi connectivity index (χ0v) is 12.7. The fraction of sp³-hybridized carbons (Fsp3) is 0.833. The van der Waals surface area contributed by atoms with E-state index in [1.165, 1.54) is 6.42 Å². The molecular formula is C12H24Y-2. The fourth-order valence-corrected chi connectivity index (χ4v) is 1.85. The van der Waals surface area contributed by atoms with Crippen molar-refractivity contribution in [2.75, 3.05) is 0 Å². The van der Waals surface area contributed by atoms with Gasteiger partial charge in [-0.25, -0.2) is 0 Å². The van der Waals surface area contributed by atoms with Crippen LogP contribution in [0, 0.1) is 37.0 Å². The standard InChI is InChI=1S/C9H17.C3H7.Y/c1-6-5-7(2)9(4)8(6)3;1-3-2;/h6-9H,1,5H2,2-4H3;3H,1-2H3;/q2*-1;. The van der Waals surface area contributed by atoms with E-state index < -0.39 is 0 Å². The van der Waals surface area contributed by atoms with Crippen molar-refractivity contribution in [3.8, 4) is 0 Å². The summed E-state index contributed by atoms with van der Waals surface area (Å²) in [5, 5.41) is 0. The zero-order valence-electron chi connectivity index (χ0n) is 9.88. The maximum absolute atomic E-state index is 4.12. The minimum Gasteiger partial charge on any atom is -0.340 e. The summed E-state index contributed by atoms with van der Waals surface area (Å²) in [5.74, 6) is 3.37. The van der Waals surface area contributed by atoms with Crippen molar-refractivity contribution < 1.29 is 32.7 Å². The Kier molecular flexibility index (Phi) is 10.7. The van der Waals surface area contributed by atoms with Crippen LogP contribution in [0.25, 0.3) is 0 Å². The minimum absolute atomic E-state index is 0. The predicted molar refractivity (Wildman–Crippen MR) is 56.6 cm³/mol. The molecular weight excluding hydrogens is 233 g/mol. The van der Waals surface area contributed by atoms with Crippen molar-refractivity contribution in [2.24, 2.45) is 23.7 Å². The van der Waals surface area contributed by atoms with Crippen LogP contribution in [0.4, 0.5) is 0 Å². The van der Waals surface area contributed by atoms with Gasteiger partial charge in [0.2, 0.25) is 0 Å². The first-order chi connectivity index (χ1) is 5.54. The molecule has 0 nitrogen and oxygen atoms in total. The Labute approximate surface area is 110 Å². The van der Waals surface area contributed by atoms with E-state index in [4.69, 9.17) is 0 Å². The zero-order chi connectivity index (χ0) is 9.72. The van der Waals surface area contributed by atoms with E-state index in [-0.39, 0.29) is 32.7 Å². The van der Waals surface area contributed by atoms with Gasteiger partial charge in [0.1, 0.15) is 0 Å². The van der Waals surface area contributed by atoms with Crippen LogP contribution in [0.3, 0.4) is 0 Å². The maximum Gasteiger partial charge on any atom is 0 e. The van der Waals surface area contributed by atoms with Gasteiger partial charge < -0.3 is 13.3 Å². The smallest absolute Gasteiger partial charge is 0 e. The molecule has 1 aliphatic carbocycles. The molecule has 0 saturated heterocycles. The second-order valence-electron chi connectivity index (χ2n) is 4.27. The van der Waals surface area contributed by atoms with Gasteiger partial charge in [0.25, 0.3) is 0 Å². The van der Waals surface area contributed by atoms with E-state index in [2.05, 4.69) is 27.7 Å². The Morgan fingerprint density at radius 1 is 1.08 bits per heavy atom. The molecule has 13 heavy (non-hydrogen) atoms. The van der Waals surface area contributed by atoms with Crippen LogP contribution in [0.15, 0.2) is 0 Å². The summed E-state index contributed by atoms with van der Waals surface area (Å²) in [7, 11) is 0. The van der Waals surface area contributed by atoms with Gasteiger partial charge in [-0.15, -0.1) is 0 Å². The van der Waals surface area contributed by atoms with Crippen molar-refractivity contribution in [1.82, 2.24) is 0 Å². The van der Waals surface area contributed by atoms with Gasteiger partial charge >= 0.3 is 0 Å². The average molecular weight is 257 g/mol. The number of hydrogen-bond donors (Lipinski definition) is 0. The predicted octanol–water partition coefficient (Wildman–Crippen LogP) is 3.98. The molecule has 1 radical (unpaired) electrons. The Hall–Kier alpha value is 1.10. The molecule has 1 saturated carbocycles. The molecule has 0 N–H and O–H groups in total. The second-order valence-corrected chi connectivity index (χ2v) is 4.27. The first kappa shape index (κ1) is 16.5. The fourth-order valence-electron chi connectivity index (χ4n) is 1.85. The van der Waals surface area contributed by atoms with Crippen molar-refractivity contribution >= 4 is 0 Å². The molecule has 0 heterocycles. The average Bonchev–Trinajstić information content (AvgIpc) is 2.20. The monoisotopic (exact) mass is 257 g/mol. The molecule has 0 aromatic rings. The molecule has 0 aromatic carbocycles. The van der Waals surface area contributed by atoms with Gasteiger partial charge in [-0.2, -0.15) is 19.8 Å². The normalized spacial score (nSPS) is 37.4. The molecule has 4 unspecified atom stereocenters. The van der Waals surface area contributed by atoms with Crippen LogP contribution in [0.1, 0.15) is 41.0 Å². The summed E-state index contributed by atoms with van der Waals surface area (Å²) < 4.78 is 0. The Balaban J connectivity index is 0. The van der Waals surface area contributed by atoms with E-state index >= 15 is 0 Å². The summed E-state index contributed by atoms with van der Waals surface area (Å²) in [6.07, 6.45) is 3.34. The molecule has 4 atom stereocenters. The molecule has 0 aliphatic heterocycles. The van der Waals surface area contributed by atoms with E-state index in [0.717, 1.165) is 23.7 Å². The van der Waals surface area contributed by atoms with E-state index in [1.807, 2.05) is 20.3 Å². The Bertz CT molecular complexity index is 99.7. The summed E-state index contributed by atoms with van der Waals surface area (Å²) in [6.45, 7) is 15.1. The molecule has 1 rings (SSSR count). The molecule has 0 aromatic heterocycles. The Morgan fingerprint density at radius 2 is 1.46 bits per heavy atom. The van der Waals surface area contributed by atoms with Gasteiger partial charge in [-0.3, -0.25) is 0 Å². The first-order valence-corrected chi connectivity index (χ1v) is 5.11. The summed E-state index contributed by atoms with van der Waals surface area (Å²) >= 11 is 0. The largest absolute Gasteiger partial charge is 0.340 e. The molecule has 0 amide bonds. The third kappa shape index (κ3) is 5.52. The topological polar surface area (TPSA) is 0 Å². The van der Waals surface area contributed by atoms with Crippen molar-refractivity contribution in [2.45, 2.75) is 41.0 Å². The van der Waals surface area contributed by atoms with Gasteiger partial charge in [0.15, 0.2) is 0 Å². The van der Waals surface area contributed by atoms with Gasteiger partial charge in [0, 0.05) is 32.7 Å². The summed E-state index contributed by atoms with van der Waals surface area (Å²) in [5.41, 5.74) is 0.